The van der Waals surface area contributed by atoms with Gasteiger partial charge in [-0.15, -0.1) is 0 Å². The van der Waals surface area contributed by atoms with Crippen LogP contribution < -0.4 is 5.32 Å². The van der Waals surface area contributed by atoms with Crippen LogP contribution in [0, 0.1) is 0 Å². The predicted octanol–water partition coefficient (Wildman–Crippen LogP) is 5.02. The van der Waals surface area contributed by atoms with Crippen LogP contribution in [0.3, 0.4) is 0 Å². The number of ether oxygens (including phenoxy) is 2. The Morgan fingerprint density at radius 1 is 0.857 bits per heavy atom. The maximum atomic E-state index is 13.0. The van der Waals surface area contributed by atoms with Gasteiger partial charge in [-0.2, -0.15) is 13.2 Å². The Balaban J connectivity index is 1.17. The minimum absolute atomic E-state index is 0.0415. The summed E-state index contributed by atoms with van der Waals surface area (Å²) in [4.78, 5) is 27.6. The van der Waals surface area contributed by atoms with E-state index in [1.165, 1.54) is 0 Å². The highest BCUT2D eigenvalue weighted by Crippen LogP contribution is 2.39. The van der Waals surface area contributed by atoms with E-state index in [2.05, 4.69) is 10.2 Å². The van der Waals surface area contributed by atoms with Gasteiger partial charge in [-0.1, -0.05) is 60.7 Å². The fraction of sp³-hybridized carbons (Fsp3) is 0.459. The fourth-order valence-corrected chi connectivity index (χ4v) is 7.11. The zero-order valence-electron chi connectivity index (χ0n) is 27.1. The third kappa shape index (κ3) is 8.33. The molecule has 5 unspecified atom stereocenters. The number of benzene rings is 3. The number of rotatable bonds is 10. The number of alkyl halides is 3. The molecule has 5 atom stereocenters. The van der Waals surface area contributed by atoms with Gasteiger partial charge in [-0.3, -0.25) is 14.5 Å². The summed E-state index contributed by atoms with van der Waals surface area (Å²) in [5.41, 5.74) is 5.15. The largest absolute Gasteiger partial charge is 0.471 e. The average Bonchev–Trinajstić information content (AvgIpc) is 3.80. The van der Waals surface area contributed by atoms with Crippen molar-refractivity contribution in [2.24, 2.45) is 0 Å². The Morgan fingerprint density at radius 3 is 2.33 bits per heavy atom. The van der Waals surface area contributed by atoms with E-state index in [4.69, 9.17) is 9.47 Å². The highest BCUT2D eigenvalue weighted by atomic mass is 19.4. The fourth-order valence-electron chi connectivity index (χ4n) is 7.11. The van der Waals surface area contributed by atoms with Gasteiger partial charge in [-0.05, 0) is 72.2 Å². The van der Waals surface area contributed by atoms with Gasteiger partial charge in [-0.25, -0.2) is 0 Å². The molecule has 3 fully saturated rings. The standard InChI is InChI=1S/C37H42F3N3O6/c38-37(39,40)36(47)43-16-4-10-32(43)34(46)41-20-25-5-1-6-27(17-25)28-7-2-8-29(18-28)35-48-31(21-42-15-3-9-30(42)23-45)19-33(49-35)26-13-11-24(22-44)12-14-26/h1-2,5-8,11-14,17-18,30-33,35,44-45H,3-4,9-10,15-16,19-23H2,(H,41,46). The van der Waals surface area contributed by atoms with Crippen molar-refractivity contribution in [2.45, 2.75) is 82.0 Å². The lowest BCUT2D eigenvalue weighted by Gasteiger charge is -2.38. The van der Waals surface area contributed by atoms with Crippen LogP contribution in [-0.2, 0) is 32.2 Å². The normalized spacial score (nSPS) is 24.7. The van der Waals surface area contributed by atoms with Gasteiger partial charge in [0, 0.05) is 37.7 Å². The molecule has 49 heavy (non-hydrogen) atoms. The number of carbonyl (C=O) groups is 2. The summed E-state index contributed by atoms with van der Waals surface area (Å²) in [7, 11) is 0. The van der Waals surface area contributed by atoms with Crippen LogP contribution in [0.4, 0.5) is 13.2 Å². The average molecular weight is 682 g/mol. The number of carbonyl (C=O) groups excluding carboxylic acids is 2. The molecule has 0 radical (unpaired) electrons. The molecule has 0 bridgehead atoms. The highest BCUT2D eigenvalue weighted by Gasteiger charge is 2.47. The van der Waals surface area contributed by atoms with Gasteiger partial charge in [0.25, 0.3) is 0 Å². The summed E-state index contributed by atoms with van der Waals surface area (Å²) in [5.74, 6) is -2.59. The lowest BCUT2D eigenvalue weighted by Crippen LogP contribution is -2.50. The molecule has 3 aromatic rings. The molecule has 0 aliphatic carbocycles. The SMILES string of the molecule is O=C(NCc1cccc(-c2cccc(C3OC(CN4CCCC4CO)CC(c4ccc(CO)cc4)O3)c2)c1)C1CCCN1C(=O)C(F)(F)F. The number of likely N-dealkylation sites (tertiary alicyclic amines) is 2. The first kappa shape index (κ1) is 35.0. The second-order valence-electron chi connectivity index (χ2n) is 13.0. The molecule has 3 aliphatic heterocycles. The van der Waals surface area contributed by atoms with E-state index < -0.39 is 30.3 Å². The summed E-state index contributed by atoms with van der Waals surface area (Å²) in [6.07, 6.45) is -2.93. The molecule has 3 N–H and O–H groups in total. The first-order chi connectivity index (χ1) is 23.6. The molecular weight excluding hydrogens is 639 g/mol. The molecule has 262 valence electrons. The molecule has 3 saturated heterocycles. The second-order valence-corrected chi connectivity index (χ2v) is 13.0. The highest BCUT2D eigenvalue weighted by molar-refractivity contribution is 5.90. The van der Waals surface area contributed by atoms with Gasteiger partial charge < -0.3 is 29.9 Å². The zero-order valence-corrected chi connectivity index (χ0v) is 27.1. The Morgan fingerprint density at radius 2 is 1.59 bits per heavy atom. The number of aliphatic hydroxyl groups excluding tert-OH is 2. The lowest BCUT2D eigenvalue weighted by molar-refractivity contribution is -0.253. The molecular formula is C37H42F3N3O6. The van der Waals surface area contributed by atoms with Crippen LogP contribution in [0.5, 0.6) is 0 Å². The molecule has 12 heteroatoms. The first-order valence-electron chi connectivity index (χ1n) is 16.8. The molecule has 0 saturated carbocycles. The van der Waals surface area contributed by atoms with Crippen LogP contribution in [0.15, 0.2) is 72.8 Å². The quantitative estimate of drug-likeness (QED) is 0.276. The summed E-state index contributed by atoms with van der Waals surface area (Å²) in [6.45, 7) is 1.64. The van der Waals surface area contributed by atoms with E-state index >= 15 is 0 Å². The molecule has 3 aromatic carbocycles. The van der Waals surface area contributed by atoms with Gasteiger partial charge in [0.05, 0.1) is 25.4 Å². The number of hydrogen-bond acceptors (Lipinski definition) is 7. The Bertz CT molecular complexity index is 1600. The minimum atomic E-state index is -5.02. The molecule has 3 aliphatic rings. The first-order valence-corrected chi connectivity index (χ1v) is 16.8. The van der Waals surface area contributed by atoms with Crippen molar-refractivity contribution in [3.63, 3.8) is 0 Å². The van der Waals surface area contributed by atoms with Gasteiger partial charge in [0.15, 0.2) is 6.29 Å². The summed E-state index contributed by atoms with van der Waals surface area (Å²) in [5, 5.41) is 22.1. The van der Waals surface area contributed by atoms with Gasteiger partial charge in [0.2, 0.25) is 5.91 Å². The smallest absolute Gasteiger partial charge is 0.395 e. The van der Waals surface area contributed by atoms with Crippen LogP contribution in [0.2, 0.25) is 0 Å². The van der Waals surface area contributed by atoms with E-state index in [0.29, 0.717) is 24.3 Å². The maximum Gasteiger partial charge on any atom is 0.471 e. The number of halogens is 3. The third-order valence-electron chi connectivity index (χ3n) is 9.71. The van der Waals surface area contributed by atoms with Crippen molar-refractivity contribution >= 4 is 11.8 Å². The van der Waals surface area contributed by atoms with Crippen LogP contribution in [0.1, 0.15) is 66.8 Å². The van der Waals surface area contributed by atoms with E-state index in [0.717, 1.165) is 52.8 Å². The second kappa shape index (κ2) is 15.4. The number of nitrogens with zero attached hydrogens (tertiary/aromatic N) is 2. The van der Waals surface area contributed by atoms with E-state index in [9.17, 15) is 33.0 Å². The molecule has 3 heterocycles. The Hall–Kier alpha value is -3.81. The van der Waals surface area contributed by atoms with Gasteiger partial charge >= 0.3 is 12.1 Å². The third-order valence-corrected chi connectivity index (χ3v) is 9.71. The van der Waals surface area contributed by atoms with Gasteiger partial charge in [0.1, 0.15) is 6.04 Å². The number of aliphatic hydroxyl groups is 2. The number of nitrogens with one attached hydrogen (secondary N) is 1. The van der Waals surface area contributed by atoms with E-state index in [1.54, 1.807) is 0 Å². The van der Waals surface area contributed by atoms with Crippen molar-refractivity contribution < 1.29 is 42.4 Å². The van der Waals surface area contributed by atoms with Crippen molar-refractivity contribution in [1.82, 2.24) is 15.1 Å². The van der Waals surface area contributed by atoms with Crippen LogP contribution in [-0.4, -0.2) is 82.4 Å². The van der Waals surface area contributed by atoms with Crippen LogP contribution in [0.25, 0.3) is 11.1 Å². The molecule has 9 nitrogen and oxygen atoms in total. The molecule has 0 spiro atoms. The topological polar surface area (TPSA) is 112 Å². The number of hydrogen-bond donors (Lipinski definition) is 3. The van der Waals surface area contributed by atoms with Crippen molar-refractivity contribution in [3.8, 4) is 11.1 Å². The summed E-state index contributed by atoms with van der Waals surface area (Å²) >= 11 is 0. The maximum absolute atomic E-state index is 13.0. The molecule has 0 aromatic heterocycles. The lowest BCUT2D eigenvalue weighted by atomic mass is 9.98. The molecule has 2 amide bonds. The summed E-state index contributed by atoms with van der Waals surface area (Å²) in [6, 6.07) is 22.1. The molecule has 6 rings (SSSR count). The van der Waals surface area contributed by atoms with Crippen molar-refractivity contribution in [1.29, 1.82) is 0 Å². The monoisotopic (exact) mass is 681 g/mol. The van der Waals surface area contributed by atoms with Crippen molar-refractivity contribution in [2.75, 3.05) is 26.2 Å². The number of amides is 2. The zero-order chi connectivity index (χ0) is 34.5. The van der Waals surface area contributed by atoms with E-state index in [1.807, 2.05) is 72.8 Å². The minimum Gasteiger partial charge on any atom is -0.395 e. The Labute approximate surface area is 283 Å². The van der Waals surface area contributed by atoms with Crippen molar-refractivity contribution in [3.05, 3.63) is 95.1 Å². The summed E-state index contributed by atoms with van der Waals surface area (Å²) < 4.78 is 52.2. The Kier molecular flexibility index (Phi) is 11.0. The van der Waals surface area contributed by atoms with E-state index in [-0.39, 0.29) is 51.0 Å². The van der Waals surface area contributed by atoms with Crippen LogP contribution >= 0.6 is 0 Å². The predicted molar refractivity (Wildman–Crippen MR) is 175 cm³/mol.